The fraction of sp³-hybridized carbons (Fsp3) is 0.444. The average molecular weight is 413 g/mol. The number of hydrogen-bond donors (Lipinski definition) is 1. The van der Waals surface area contributed by atoms with E-state index in [4.69, 9.17) is 4.74 Å². The number of tetrazole rings is 1. The number of cyclic esters (lactones) is 1. The molecule has 1 N–H and O–H groups in total. The van der Waals surface area contributed by atoms with E-state index in [0.29, 0.717) is 37.6 Å². The molecule has 11 nitrogen and oxygen atoms in total. The van der Waals surface area contributed by atoms with Crippen LogP contribution in [0.15, 0.2) is 30.6 Å². The fourth-order valence-electron chi connectivity index (χ4n) is 4.02. The van der Waals surface area contributed by atoms with Gasteiger partial charge in [0.25, 0.3) is 0 Å². The zero-order chi connectivity index (χ0) is 20.5. The number of hydrogen-bond acceptors (Lipinski definition) is 8. The van der Waals surface area contributed by atoms with Crippen molar-refractivity contribution in [3.05, 3.63) is 42.2 Å². The lowest BCUT2D eigenvalue weighted by atomic mass is 9.96. The van der Waals surface area contributed by atoms with Crippen molar-refractivity contribution in [1.82, 2.24) is 35.6 Å². The van der Waals surface area contributed by atoms with E-state index < -0.39 is 6.09 Å². The van der Waals surface area contributed by atoms with Crippen molar-refractivity contribution in [3.63, 3.8) is 0 Å². The Hall–Kier alpha value is -3.57. The normalized spacial score (nSPS) is 20.0. The number of carbonyl (C=O) groups is 1. The molecule has 12 heteroatoms. The molecule has 2 aliphatic heterocycles. The summed E-state index contributed by atoms with van der Waals surface area (Å²) in [6.45, 7) is 2.13. The predicted octanol–water partition coefficient (Wildman–Crippen LogP) is 1.34. The lowest BCUT2D eigenvalue weighted by Crippen LogP contribution is -2.34. The Morgan fingerprint density at radius 2 is 2.13 bits per heavy atom. The second kappa shape index (κ2) is 7.69. The number of aromatic nitrogens is 7. The molecule has 0 spiro atoms. The fourth-order valence-corrected chi connectivity index (χ4v) is 4.02. The summed E-state index contributed by atoms with van der Waals surface area (Å²) in [7, 11) is 0. The van der Waals surface area contributed by atoms with Gasteiger partial charge in [0.15, 0.2) is 5.82 Å². The summed E-state index contributed by atoms with van der Waals surface area (Å²) in [6, 6.07) is 4.86. The van der Waals surface area contributed by atoms with Crippen molar-refractivity contribution in [2.45, 2.75) is 31.4 Å². The van der Waals surface area contributed by atoms with Gasteiger partial charge in [0.1, 0.15) is 11.9 Å². The molecule has 0 unspecified atom stereocenters. The molecule has 5 rings (SSSR count). The molecular formula is C18H20FN9O2. The number of anilines is 2. The number of benzene rings is 1. The molecular weight excluding hydrogens is 393 g/mol. The van der Waals surface area contributed by atoms with Gasteiger partial charge in [-0.3, -0.25) is 4.90 Å². The highest BCUT2D eigenvalue weighted by atomic mass is 19.1. The predicted molar refractivity (Wildman–Crippen MR) is 102 cm³/mol. The van der Waals surface area contributed by atoms with Crippen molar-refractivity contribution in [2.75, 3.05) is 29.4 Å². The topological polar surface area (TPSA) is 118 Å². The number of H-pyrrole nitrogens is 1. The third kappa shape index (κ3) is 3.55. The van der Waals surface area contributed by atoms with Crippen molar-refractivity contribution in [3.8, 4) is 0 Å². The maximum Gasteiger partial charge on any atom is 0.414 e. The van der Waals surface area contributed by atoms with Crippen LogP contribution in [0.25, 0.3) is 0 Å². The SMILES string of the molecule is O=C1O[C@@H](Cn2ccnn2)CN1c1ccc(N2CCC(c3nnn[nH]3)CC2)c(F)c1. The first kappa shape index (κ1) is 18.5. The van der Waals surface area contributed by atoms with Gasteiger partial charge in [-0.25, -0.2) is 19.0 Å². The molecule has 1 atom stereocenters. The first-order valence-corrected chi connectivity index (χ1v) is 9.78. The lowest BCUT2D eigenvalue weighted by Gasteiger charge is -2.33. The Morgan fingerprint density at radius 3 is 2.83 bits per heavy atom. The maximum atomic E-state index is 14.9. The molecule has 1 aromatic carbocycles. The second-order valence-corrected chi connectivity index (χ2v) is 7.42. The smallest absolute Gasteiger partial charge is 0.414 e. The number of carbonyl (C=O) groups excluding carboxylic acids is 1. The summed E-state index contributed by atoms with van der Waals surface area (Å²) in [5.74, 6) is 0.665. The Bertz CT molecular complexity index is 1000. The number of amides is 1. The van der Waals surface area contributed by atoms with Crippen LogP contribution in [-0.4, -0.2) is 67.4 Å². The van der Waals surface area contributed by atoms with Gasteiger partial charge in [-0.15, -0.1) is 10.2 Å². The van der Waals surface area contributed by atoms with Crippen molar-refractivity contribution in [1.29, 1.82) is 0 Å². The summed E-state index contributed by atoms with van der Waals surface area (Å²) in [5.41, 5.74) is 1.00. The molecule has 0 aliphatic carbocycles. The van der Waals surface area contributed by atoms with Gasteiger partial charge in [-0.05, 0) is 41.5 Å². The summed E-state index contributed by atoms with van der Waals surface area (Å²) in [4.78, 5) is 15.7. The standard InChI is InChI=1S/C18H20FN9O2/c19-15-9-13(28-11-14(30-18(28)29)10-27-8-5-20-25-27)1-2-16(15)26-6-3-12(4-7-26)17-21-23-24-22-17/h1-2,5,8-9,12,14H,3-4,6-7,10-11H2,(H,21,22,23,24)/t14-/m0/s1. The third-order valence-corrected chi connectivity index (χ3v) is 5.56. The van der Waals surface area contributed by atoms with E-state index in [0.717, 1.165) is 18.7 Å². The van der Waals surface area contributed by atoms with Gasteiger partial charge < -0.3 is 9.64 Å². The monoisotopic (exact) mass is 413 g/mol. The summed E-state index contributed by atoms with van der Waals surface area (Å²) in [6.07, 6.45) is 4.07. The van der Waals surface area contributed by atoms with Gasteiger partial charge in [-0.1, -0.05) is 5.21 Å². The Kier molecular flexibility index (Phi) is 4.73. The highest BCUT2D eigenvalue weighted by Crippen LogP contribution is 2.32. The zero-order valence-corrected chi connectivity index (χ0v) is 16.1. The quantitative estimate of drug-likeness (QED) is 0.666. The highest BCUT2D eigenvalue weighted by Gasteiger charge is 2.33. The van der Waals surface area contributed by atoms with Crippen molar-refractivity contribution in [2.24, 2.45) is 0 Å². The number of aromatic amines is 1. The van der Waals surface area contributed by atoms with E-state index in [1.54, 1.807) is 29.2 Å². The molecule has 0 radical (unpaired) electrons. The minimum absolute atomic E-state index is 0.250. The van der Waals surface area contributed by atoms with Crippen LogP contribution in [0.2, 0.25) is 0 Å². The molecule has 1 amide bonds. The lowest BCUT2D eigenvalue weighted by molar-refractivity contribution is 0.129. The number of piperidine rings is 1. The molecule has 2 saturated heterocycles. The van der Waals surface area contributed by atoms with Gasteiger partial charge in [0.05, 0.1) is 30.7 Å². The Morgan fingerprint density at radius 1 is 1.27 bits per heavy atom. The summed E-state index contributed by atoms with van der Waals surface area (Å²) < 4.78 is 21.9. The van der Waals surface area contributed by atoms with Crippen LogP contribution in [0.1, 0.15) is 24.6 Å². The maximum absolute atomic E-state index is 14.9. The zero-order valence-electron chi connectivity index (χ0n) is 16.1. The Balaban J connectivity index is 1.24. The molecule has 2 aromatic heterocycles. The van der Waals surface area contributed by atoms with Crippen LogP contribution >= 0.6 is 0 Å². The van der Waals surface area contributed by atoms with Crippen LogP contribution < -0.4 is 9.80 Å². The molecule has 2 fully saturated rings. The number of ether oxygens (including phenoxy) is 1. The van der Waals surface area contributed by atoms with Crippen LogP contribution in [0.5, 0.6) is 0 Å². The van der Waals surface area contributed by atoms with E-state index in [2.05, 4.69) is 30.9 Å². The average Bonchev–Trinajstić information content (AvgIpc) is 3.51. The second-order valence-electron chi connectivity index (χ2n) is 7.42. The van der Waals surface area contributed by atoms with Crippen LogP contribution in [0.4, 0.5) is 20.6 Å². The van der Waals surface area contributed by atoms with Crippen LogP contribution in [0, 0.1) is 5.82 Å². The third-order valence-electron chi connectivity index (χ3n) is 5.56. The number of halogens is 1. The van der Waals surface area contributed by atoms with E-state index in [-0.39, 0.29) is 17.8 Å². The molecule has 156 valence electrons. The Labute approximate surface area is 170 Å². The first-order chi connectivity index (χ1) is 14.7. The van der Waals surface area contributed by atoms with Gasteiger partial charge in [-0.2, -0.15) is 0 Å². The summed E-state index contributed by atoms with van der Waals surface area (Å²) >= 11 is 0. The molecule has 0 bridgehead atoms. The largest absolute Gasteiger partial charge is 0.442 e. The summed E-state index contributed by atoms with van der Waals surface area (Å²) in [5, 5.41) is 21.7. The molecule has 2 aliphatic rings. The van der Waals surface area contributed by atoms with Gasteiger partial charge >= 0.3 is 6.09 Å². The van der Waals surface area contributed by atoms with E-state index in [1.165, 1.54) is 11.0 Å². The van der Waals surface area contributed by atoms with Crippen molar-refractivity contribution < 1.29 is 13.9 Å². The van der Waals surface area contributed by atoms with E-state index >= 15 is 0 Å². The van der Waals surface area contributed by atoms with Crippen LogP contribution in [-0.2, 0) is 11.3 Å². The van der Waals surface area contributed by atoms with Crippen LogP contribution in [0.3, 0.4) is 0 Å². The number of rotatable bonds is 5. The minimum atomic E-state index is -0.492. The van der Waals surface area contributed by atoms with E-state index in [9.17, 15) is 9.18 Å². The molecule has 30 heavy (non-hydrogen) atoms. The van der Waals surface area contributed by atoms with E-state index in [1.807, 2.05) is 4.90 Å². The highest BCUT2D eigenvalue weighted by molar-refractivity contribution is 5.90. The molecule has 3 aromatic rings. The van der Waals surface area contributed by atoms with Gasteiger partial charge in [0.2, 0.25) is 0 Å². The molecule has 4 heterocycles. The van der Waals surface area contributed by atoms with Crippen molar-refractivity contribution >= 4 is 17.5 Å². The number of nitrogens with zero attached hydrogens (tertiary/aromatic N) is 8. The minimum Gasteiger partial charge on any atom is -0.442 e. The molecule has 0 saturated carbocycles. The first-order valence-electron chi connectivity index (χ1n) is 9.78. The number of nitrogens with one attached hydrogen (secondary N) is 1. The van der Waals surface area contributed by atoms with Gasteiger partial charge in [0, 0.05) is 25.2 Å².